The fourth-order valence-corrected chi connectivity index (χ4v) is 5.98. The number of carbonyl (C=O) groups excluding carboxylic acids is 2. The minimum absolute atomic E-state index is 0.0208. The number of benzene rings is 3. The maximum Gasteiger partial charge on any atom is 0.301 e. The predicted molar refractivity (Wildman–Crippen MR) is 138 cm³/mol. The third kappa shape index (κ3) is 3.61. The maximum atomic E-state index is 13.4. The van der Waals surface area contributed by atoms with Gasteiger partial charge >= 0.3 is 5.91 Å². The fraction of sp³-hybridized carbons (Fsp3) is 0.148. The fourth-order valence-electron chi connectivity index (χ4n) is 4.72. The van der Waals surface area contributed by atoms with E-state index in [4.69, 9.17) is 16.3 Å². The Labute approximate surface area is 214 Å². The lowest BCUT2D eigenvalue weighted by atomic mass is 9.94. The van der Waals surface area contributed by atoms with Gasteiger partial charge in [0.05, 0.1) is 21.8 Å². The molecule has 9 heteroatoms. The molecule has 180 valence electrons. The number of aliphatic hydroxyl groups is 1. The molecule has 0 radical (unpaired) electrons. The Hall–Kier alpha value is -3.88. The minimum atomic E-state index is -0.940. The Morgan fingerprint density at radius 2 is 1.89 bits per heavy atom. The number of anilines is 1. The molecule has 6 rings (SSSR count). The average Bonchev–Trinajstić information content (AvgIpc) is 3.51. The van der Waals surface area contributed by atoms with E-state index in [2.05, 4.69) is 4.98 Å². The minimum Gasteiger partial charge on any atom is -0.508 e. The van der Waals surface area contributed by atoms with Gasteiger partial charge in [0.15, 0.2) is 5.13 Å². The largest absolute Gasteiger partial charge is 0.508 e. The summed E-state index contributed by atoms with van der Waals surface area (Å²) in [5, 5.41) is 22.1. The highest BCUT2D eigenvalue weighted by molar-refractivity contribution is 7.22. The van der Waals surface area contributed by atoms with Gasteiger partial charge in [-0.05, 0) is 66.6 Å². The first kappa shape index (κ1) is 22.6. The van der Waals surface area contributed by atoms with Crippen LogP contribution in [0, 0.1) is 0 Å². The molecule has 0 spiro atoms. The molecule has 2 aliphatic rings. The SMILES string of the molecule is C[C@H]1Cc2cc(C(O)=C3C(=O)C(=O)N(c4nc5ccc(Cl)cc5s4)[C@H]3c3ccc(O)cc3)ccc2O1. The van der Waals surface area contributed by atoms with Gasteiger partial charge in [-0.2, -0.15) is 0 Å². The number of nitrogens with zero attached hydrogens (tertiary/aromatic N) is 2. The van der Waals surface area contributed by atoms with E-state index in [-0.39, 0.29) is 23.2 Å². The molecule has 0 saturated carbocycles. The van der Waals surface area contributed by atoms with Crippen molar-refractivity contribution in [2.45, 2.75) is 25.5 Å². The van der Waals surface area contributed by atoms with Crippen molar-refractivity contribution in [3.63, 3.8) is 0 Å². The van der Waals surface area contributed by atoms with E-state index < -0.39 is 17.7 Å². The number of ketones is 1. The van der Waals surface area contributed by atoms with Crippen molar-refractivity contribution in [1.82, 2.24) is 4.98 Å². The number of rotatable bonds is 3. The van der Waals surface area contributed by atoms with Crippen molar-refractivity contribution in [3.05, 3.63) is 87.9 Å². The molecular weight excluding hydrogens is 500 g/mol. The Morgan fingerprint density at radius 3 is 2.67 bits per heavy atom. The highest BCUT2D eigenvalue weighted by atomic mass is 35.5. The molecule has 2 N–H and O–H groups in total. The second-order valence-electron chi connectivity index (χ2n) is 8.82. The van der Waals surface area contributed by atoms with Gasteiger partial charge in [-0.3, -0.25) is 14.5 Å². The number of phenolic OH excluding ortho intramolecular Hbond substituents is 1. The van der Waals surface area contributed by atoms with Crippen LogP contribution in [0.1, 0.15) is 29.7 Å². The van der Waals surface area contributed by atoms with E-state index >= 15 is 0 Å². The molecule has 4 aromatic rings. The lowest BCUT2D eigenvalue weighted by Crippen LogP contribution is -2.29. The van der Waals surface area contributed by atoms with Gasteiger partial charge in [-0.15, -0.1) is 0 Å². The van der Waals surface area contributed by atoms with Crippen LogP contribution in [0.15, 0.2) is 66.2 Å². The molecule has 0 bridgehead atoms. The van der Waals surface area contributed by atoms with Crippen LogP contribution in [0.5, 0.6) is 11.5 Å². The smallest absolute Gasteiger partial charge is 0.301 e. The Kier molecular flexibility index (Phi) is 5.24. The lowest BCUT2D eigenvalue weighted by molar-refractivity contribution is -0.132. The average molecular weight is 519 g/mol. The molecule has 0 unspecified atom stereocenters. The number of fused-ring (bicyclic) bond motifs is 2. The quantitative estimate of drug-likeness (QED) is 0.208. The monoisotopic (exact) mass is 518 g/mol. The second kappa shape index (κ2) is 8.36. The zero-order valence-electron chi connectivity index (χ0n) is 18.9. The summed E-state index contributed by atoms with van der Waals surface area (Å²) in [4.78, 5) is 32.6. The molecule has 36 heavy (non-hydrogen) atoms. The molecule has 1 fully saturated rings. The van der Waals surface area contributed by atoms with Gasteiger partial charge in [0.1, 0.15) is 23.4 Å². The zero-order chi connectivity index (χ0) is 25.1. The molecule has 3 aromatic carbocycles. The molecule has 2 atom stereocenters. The number of hydrogen-bond donors (Lipinski definition) is 2. The van der Waals surface area contributed by atoms with Crippen LogP contribution in [0.4, 0.5) is 5.13 Å². The number of aromatic hydroxyl groups is 1. The highest BCUT2D eigenvalue weighted by Crippen LogP contribution is 2.45. The molecule has 1 saturated heterocycles. The van der Waals surface area contributed by atoms with Crippen LogP contribution in [0.25, 0.3) is 16.0 Å². The topological polar surface area (TPSA) is 100.0 Å². The standard InChI is InChI=1S/C27H19ClN2O5S/c1-13-10-16-11-15(4-9-20(16)35-13)24(32)22-23(14-2-6-18(31)7-3-14)30(26(34)25(22)33)27-29-19-8-5-17(28)12-21(19)36-27/h2-9,11-13,23,31-32H,10H2,1H3/t13-,23-/m0/s1. The summed E-state index contributed by atoms with van der Waals surface area (Å²) in [5.74, 6) is -1.10. The van der Waals surface area contributed by atoms with E-state index in [0.717, 1.165) is 16.0 Å². The normalized spacial score (nSPS) is 20.7. The third-order valence-electron chi connectivity index (χ3n) is 6.37. The lowest BCUT2D eigenvalue weighted by Gasteiger charge is -2.23. The number of aromatic nitrogens is 1. The summed E-state index contributed by atoms with van der Waals surface area (Å²) in [7, 11) is 0. The summed E-state index contributed by atoms with van der Waals surface area (Å²) in [6.45, 7) is 1.96. The molecule has 1 amide bonds. The van der Waals surface area contributed by atoms with Crippen LogP contribution in [-0.2, 0) is 16.0 Å². The van der Waals surface area contributed by atoms with Crippen molar-refractivity contribution in [3.8, 4) is 11.5 Å². The number of amides is 1. The number of ether oxygens (including phenoxy) is 1. The summed E-state index contributed by atoms with van der Waals surface area (Å²) in [6, 6.07) is 15.7. The van der Waals surface area contributed by atoms with Crippen LogP contribution in [0.3, 0.4) is 0 Å². The highest BCUT2D eigenvalue weighted by Gasteiger charge is 2.48. The number of carbonyl (C=O) groups is 2. The summed E-state index contributed by atoms with van der Waals surface area (Å²) >= 11 is 7.36. The van der Waals surface area contributed by atoms with Crippen molar-refractivity contribution in [1.29, 1.82) is 0 Å². The van der Waals surface area contributed by atoms with Gasteiger partial charge in [-0.25, -0.2) is 4.98 Å². The van der Waals surface area contributed by atoms with Gasteiger partial charge in [0.25, 0.3) is 5.78 Å². The predicted octanol–water partition coefficient (Wildman–Crippen LogP) is 5.61. The maximum absolute atomic E-state index is 13.4. The number of aliphatic hydroxyl groups excluding tert-OH is 1. The number of halogens is 1. The number of thiazole rings is 1. The van der Waals surface area contributed by atoms with E-state index in [1.807, 2.05) is 6.92 Å². The van der Waals surface area contributed by atoms with Crippen molar-refractivity contribution in [2.75, 3.05) is 4.90 Å². The summed E-state index contributed by atoms with van der Waals surface area (Å²) in [5.41, 5.74) is 2.48. The van der Waals surface area contributed by atoms with E-state index in [1.54, 1.807) is 48.5 Å². The van der Waals surface area contributed by atoms with E-state index in [0.29, 0.717) is 33.2 Å². The molecule has 0 aliphatic carbocycles. The molecule has 3 heterocycles. The van der Waals surface area contributed by atoms with Crippen LogP contribution in [0.2, 0.25) is 5.02 Å². The van der Waals surface area contributed by atoms with Crippen LogP contribution < -0.4 is 9.64 Å². The Bertz CT molecular complexity index is 1590. The number of hydrogen-bond acceptors (Lipinski definition) is 7. The van der Waals surface area contributed by atoms with Crippen LogP contribution in [-0.4, -0.2) is 33.0 Å². The van der Waals surface area contributed by atoms with Gasteiger partial charge in [-0.1, -0.05) is 35.1 Å². The summed E-state index contributed by atoms with van der Waals surface area (Å²) < 4.78 is 6.51. The first-order valence-electron chi connectivity index (χ1n) is 11.3. The summed E-state index contributed by atoms with van der Waals surface area (Å²) in [6.07, 6.45) is 0.702. The van der Waals surface area contributed by atoms with Gasteiger partial charge in [0, 0.05) is 17.0 Å². The molecule has 1 aromatic heterocycles. The van der Waals surface area contributed by atoms with Gasteiger partial charge in [0.2, 0.25) is 0 Å². The van der Waals surface area contributed by atoms with Crippen LogP contribution >= 0.6 is 22.9 Å². The number of Topliss-reactive ketones (excluding diaryl/α,β-unsaturated/α-hetero) is 1. The van der Waals surface area contributed by atoms with Crippen molar-refractivity contribution >= 4 is 55.7 Å². The third-order valence-corrected chi connectivity index (χ3v) is 7.62. The van der Waals surface area contributed by atoms with Crippen molar-refractivity contribution in [2.24, 2.45) is 0 Å². The first-order valence-corrected chi connectivity index (χ1v) is 12.5. The molecule has 7 nitrogen and oxygen atoms in total. The van der Waals surface area contributed by atoms with Crippen molar-refractivity contribution < 1.29 is 24.5 Å². The molecular formula is C27H19ClN2O5S. The van der Waals surface area contributed by atoms with Gasteiger partial charge < -0.3 is 14.9 Å². The second-order valence-corrected chi connectivity index (χ2v) is 10.3. The zero-order valence-corrected chi connectivity index (χ0v) is 20.5. The Balaban J connectivity index is 1.53. The van der Waals surface area contributed by atoms with E-state index in [9.17, 15) is 19.8 Å². The first-order chi connectivity index (χ1) is 17.3. The number of phenols is 1. The Morgan fingerprint density at radius 1 is 1.11 bits per heavy atom. The van der Waals surface area contributed by atoms with E-state index in [1.165, 1.54) is 28.4 Å². The molecule has 2 aliphatic heterocycles.